The number of anilines is 1. The fourth-order valence-electron chi connectivity index (χ4n) is 3.99. The number of nitrogens with zero attached hydrogens (tertiary/aromatic N) is 7. The maximum Gasteiger partial charge on any atom is 0.345 e. The fraction of sp³-hybridized carbons (Fsp3) is 0.421. The Morgan fingerprint density at radius 3 is 2.74 bits per heavy atom. The molecule has 0 saturated carbocycles. The highest BCUT2D eigenvalue weighted by Gasteiger charge is 2.54. The van der Waals surface area contributed by atoms with Gasteiger partial charge in [0.05, 0.1) is 30.7 Å². The molecule has 2 aliphatic heterocycles. The van der Waals surface area contributed by atoms with Gasteiger partial charge in [0.1, 0.15) is 6.04 Å². The van der Waals surface area contributed by atoms with E-state index in [1.807, 2.05) is 0 Å². The predicted octanol–water partition coefficient (Wildman–Crippen LogP) is 0.445. The number of urea groups is 1. The van der Waals surface area contributed by atoms with Crippen LogP contribution in [-0.2, 0) is 23.7 Å². The Kier molecular flexibility index (Phi) is 5.01. The molecular weight excluding hydrogens is 404 g/mol. The molecular formula is C19H24N8O4. The molecule has 2 atom stereocenters. The van der Waals surface area contributed by atoms with Crippen molar-refractivity contribution in [3.63, 3.8) is 0 Å². The number of carbonyl (C=O) groups is 3. The third kappa shape index (κ3) is 3.24. The van der Waals surface area contributed by atoms with Crippen LogP contribution in [-0.4, -0.2) is 79.5 Å². The lowest BCUT2D eigenvalue weighted by molar-refractivity contribution is -0.134. The number of nitrogens with one attached hydrogen (secondary N) is 1. The molecule has 0 aromatic carbocycles. The molecule has 0 unspecified atom stereocenters. The highest BCUT2D eigenvalue weighted by atomic mass is 16.7. The molecule has 2 aromatic rings. The number of likely N-dealkylation sites (N-methyl/N-ethyl adjacent to an activating group) is 1. The van der Waals surface area contributed by atoms with Crippen LogP contribution in [0.2, 0.25) is 0 Å². The standard InChI is InChI=1S/C19H24N8O4/c1-6-7-31-27-12-10-26(19(27)30)16(18(29)23(2)3)15-13(12)14(22-25(15)5)17(28)21-11-8-20-24(4)9-11/h6,8-9,12,16H,1,7,10H2,2-5H3,(H,21,28)/t12-,16-/m0/s1. The highest BCUT2D eigenvalue weighted by Crippen LogP contribution is 2.45. The first-order valence-electron chi connectivity index (χ1n) is 9.66. The van der Waals surface area contributed by atoms with E-state index < -0.39 is 24.0 Å². The number of rotatable bonds is 6. The Hall–Kier alpha value is -3.67. The summed E-state index contributed by atoms with van der Waals surface area (Å²) in [5.74, 6) is -0.752. The molecule has 31 heavy (non-hydrogen) atoms. The summed E-state index contributed by atoms with van der Waals surface area (Å²) < 4.78 is 3.05. The summed E-state index contributed by atoms with van der Waals surface area (Å²) in [6.45, 7) is 3.92. The van der Waals surface area contributed by atoms with Crippen LogP contribution in [0, 0.1) is 0 Å². The second-order valence-electron chi connectivity index (χ2n) is 7.62. The summed E-state index contributed by atoms with van der Waals surface area (Å²) in [4.78, 5) is 47.7. The van der Waals surface area contributed by atoms with Crippen LogP contribution in [0.25, 0.3) is 0 Å². The minimum Gasteiger partial charge on any atom is -0.347 e. The third-order valence-electron chi connectivity index (χ3n) is 5.30. The van der Waals surface area contributed by atoms with Crippen LogP contribution in [0.15, 0.2) is 25.0 Å². The van der Waals surface area contributed by atoms with Crippen molar-refractivity contribution in [1.29, 1.82) is 0 Å². The summed E-state index contributed by atoms with van der Waals surface area (Å²) in [5.41, 5.74) is 1.62. The number of amides is 4. The van der Waals surface area contributed by atoms with Gasteiger partial charge in [-0.2, -0.15) is 15.3 Å². The number of aryl methyl sites for hydroxylation is 2. The maximum absolute atomic E-state index is 13.1. The maximum atomic E-state index is 13.1. The number of aromatic nitrogens is 4. The van der Waals surface area contributed by atoms with Gasteiger partial charge in [-0.15, -0.1) is 6.58 Å². The van der Waals surface area contributed by atoms with Gasteiger partial charge in [0.2, 0.25) is 0 Å². The van der Waals surface area contributed by atoms with Crippen molar-refractivity contribution in [2.45, 2.75) is 12.1 Å². The number of carbonyl (C=O) groups excluding carboxylic acids is 3. The summed E-state index contributed by atoms with van der Waals surface area (Å²) in [6.07, 6.45) is 4.70. The molecule has 0 aliphatic carbocycles. The van der Waals surface area contributed by atoms with Crippen LogP contribution >= 0.6 is 0 Å². The van der Waals surface area contributed by atoms with E-state index in [-0.39, 0.29) is 24.8 Å². The van der Waals surface area contributed by atoms with Crippen LogP contribution in [0.3, 0.4) is 0 Å². The van der Waals surface area contributed by atoms with Gasteiger partial charge in [0.15, 0.2) is 11.7 Å². The summed E-state index contributed by atoms with van der Waals surface area (Å²) in [6, 6.07) is -1.94. The molecule has 12 nitrogen and oxygen atoms in total. The minimum atomic E-state index is -0.913. The van der Waals surface area contributed by atoms with Gasteiger partial charge >= 0.3 is 6.03 Å². The van der Waals surface area contributed by atoms with Gasteiger partial charge < -0.3 is 15.1 Å². The monoisotopic (exact) mass is 428 g/mol. The lowest BCUT2D eigenvalue weighted by atomic mass is 9.94. The molecule has 4 rings (SSSR count). The quantitative estimate of drug-likeness (QED) is 0.668. The minimum absolute atomic E-state index is 0.106. The molecule has 4 amide bonds. The molecule has 1 saturated heterocycles. The second kappa shape index (κ2) is 7.54. The van der Waals surface area contributed by atoms with Crippen molar-refractivity contribution >= 4 is 23.5 Å². The summed E-state index contributed by atoms with van der Waals surface area (Å²) in [5, 5.41) is 12.4. The molecule has 2 aliphatic rings. The molecule has 0 spiro atoms. The van der Waals surface area contributed by atoms with Crippen molar-refractivity contribution in [3.05, 3.63) is 42.0 Å². The average Bonchev–Trinajstić information content (AvgIpc) is 3.37. The van der Waals surface area contributed by atoms with Crippen molar-refractivity contribution < 1.29 is 19.2 Å². The zero-order valence-electron chi connectivity index (χ0n) is 17.8. The van der Waals surface area contributed by atoms with Crippen LogP contribution in [0.5, 0.6) is 0 Å². The average molecular weight is 428 g/mol. The topological polar surface area (TPSA) is 118 Å². The van der Waals surface area contributed by atoms with Gasteiger partial charge in [-0.3, -0.25) is 23.8 Å². The van der Waals surface area contributed by atoms with E-state index in [1.54, 1.807) is 39.1 Å². The van der Waals surface area contributed by atoms with Crippen LogP contribution < -0.4 is 5.32 Å². The van der Waals surface area contributed by atoms with Gasteiger partial charge in [0, 0.05) is 40.0 Å². The van der Waals surface area contributed by atoms with E-state index in [2.05, 4.69) is 22.1 Å². The normalized spacial score (nSPS) is 19.4. The number of fused-ring (bicyclic) bond motifs is 4. The Morgan fingerprint density at radius 2 is 2.13 bits per heavy atom. The van der Waals surface area contributed by atoms with E-state index >= 15 is 0 Å². The van der Waals surface area contributed by atoms with Crippen molar-refractivity contribution in [1.82, 2.24) is 34.4 Å². The SMILES string of the molecule is C=CCON1C(=O)N2C[C@H]1c1c(C(=O)Nc3cnn(C)c3)nn(C)c1[C@H]2C(=O)N(C)C. The number of hydrogen-bond donors (Lipinski definition) is 1. The highest BCUT2D eigenvalue weighted by molar-refractivity contribution is 6.05. The smallest absolute Gasteiger partial charge is 0.345 e. The Balaban J connectivity index is 1.81. The Labute approximate surface area is 178 Å². The second-order valence-corrected chi connectivity index (χ2v) is 7.62. The van der Waals surface area contributed by atoms with Crippen LogP contribution in [0.1, 0.15) is 33.8 Å². The number of hydrogen-bond acceptors (Lipinski definition) is 6. The van der Waals surface area contributed by atoms with Gasteiger partial charge in [0.25, 0.3) is 11.8 Å². The third-order valence-corrected chi connectivity index (χ3v) is 5.30. The molecule has 4 heterocycles. The zero-order chi connectivity index (χ0) is 22.4. The van der Waals surface area contributed by atoms with Crippen molar-refractivity contribution in [2.75, 3.05) is 32.6 Å². The van der Waals surface area contributed by atoms with E-state index in [9.17, 15) is 14.4 Å². The van der Waals surface area contributed by atoms with E-state index in [0.717, 1.165) is 0 Å². The first-order chi connectivity index (χ1) is 14.7. The molecule has 2 bridgehead atoms. The van der Waals surface area contributed by atoms with Crippen molar-refractivity contribution in [2.24, 2.45) is 14.1 Å². The first-order valence-corrected chi connectivity index (χ1v) is 9.66. The van der Waals surface area contributed by atoms with E-state index in [4.69, 9.17) is 4.84 Å². The van der Waals surface area contributed by atoms with Crippen molar-refractivity contribution in [3.8, 4) is 0 Å². The molecule has 1 N–H and O–H groups in total. The van der Waals surface area contributed by atoms with Gasteiger partial charge in [-0.05, 0) is 0 Å². The molecule has 1 fully saturated rings. The predicted molar refractivity (Wildman–Crippen MR) is 109 cm³/mol. The van der Waals surface area contributed by atoms with Crippen LogP contribution in [0.4, 0.5) is 10.5 Å². The summed E-state index contributed by atoms with van der Waals surface area (Å²) >= 11 is 0. The van der Waals surface area contributed by atoms with Gasteiger partial charge in [-0.25, -0.2) is 4.79 Å². The number of hydroxylamine groups is 2. The molecule has 2 aromatic heterocycles. The fourth-order valence-corrected chi connectivity index (χ4v) is 3.99. The molecule has 164 valence electrons. The Morgan fingerprint density at radius 1 is 1.39 bits per heavy atom. The largest absolute Gasteiger partial charge is 0.347 e. The lowest BCUT2D eigenvalue weighted by Crippen LogP contribution is -2.44. The lowest BCUT2D eigenvalue weighted by Gasteiger charge is -2.32. The Bertz CT molecular complexity index is 1070. The van der Waals surface area contributed by atoms with Gasteiger partial charge in [-0.1, -0.05) is 6.08 Å². The molecule has 12 heteroatoms. The summed E-state index contributed by atoms with van der Waals surface area (Å²) in [7, 11) is 6.63. The zero-order valence-corrected chi connectivity index (χ0v) is 17.8. The first kappa shape index (κ1) is 20.6. The van der Waals surface area contributed by atoms with E-state index in [0.29, 0.717) is 16.9 Å². The van der Waals surface area contributed by atoms with E-state index in [1.165, 1.54) is 31.8 Å². The molecule has 0 radical (unpaired) electrons.